The lowest BCUT2D eigenvalue weighted by molar-refractivity contribution is 0.0459. The fourth-order valence-electron chi connectivity index (χ4n) is 6.86. The van der Waals surface area contributed by atoms with Crippen LogP contribution in [0.4, 0.5) is 0 Å². The van der Waals surface area contributed by atoms with Crippen LogP contribution in [0, 0.1) is 0 Å². The maximum atomic E-state index is 15.0. The first-order valence-electron chi connectivity index (χ1n) is 14.4. The van der Waals surface area contributed by atoms with E-state index in [1.165, 1.54) is 27.8 Å². The Bertz CT molecular complexity index is 1650. The zero-order valence-corrected chi connectivity index (χ0v) is 22.7. The van der Waals surface area contributed by atoms with Crippen molar-refractivity contribution in [2.24, 2.45) is 0 Å². The summed E-state index contributed by atoms with van der Waals surface area (Å²) in [5, 5.41) is 2.15. The molecule has 3 heteroatoms. The fourth-order valence-corrected chi connectivity index (χ4v) is 6.86. The van der Waals surface area contributed by atoms with Gasteiger partial charge in [0, 0.05) is 31.7 Å². The van der Waals surface area contributed by atoms with Crippen LogP contribution in [-0.4, -0.2) is 34.7 Å². The Balaban J connectivity index is 1.37. The van der Waals surface area contributed by atoms with Crippen molar-refractivity contribution in [1.29, 1.82) is 0 Å². The Morgan fingerprint density at radius 3 is 1.82 bits per heavy atom. The summed E-state index contributed by atoms with van der Waals surface area (Å²) in [4.78, 5) is 20.0. The summed E-state index contributed by atoms with van der Waals surface area (Å²) in [6.07, 6.45) is 1.96. The molecule has 40 heavy (non-hydrogen) atoms. The lowest BCUT2D eigenvalue weighted by Crippen LogP contribution is -2.53. The first-order valence-corrected chi connectivity index (χ1v) is 14.4. The summed E-state index contributed by atoms with van der Waals surface area (Å²) in [6, 6.07) is 42.3. The van der Waals surface area contributed by atoms with Crippen molar-refractivity contribution in [3.63, 3.8) is 0 Å². The van der Waals surface area contributed by atoms with Gasteiger partial charge >= 0.3 is 0 Å². The van der Waals surface area contributed by atoms with E-state index in [2.05, 4.69) is 107 Å². The van der Waals surface area contributed by atoms with Crippen molar-refractivity contribution in [3.8, 4) is 0 Å². The molecule has 0 radical (unpaired) electrons. The highest BCUT2D eigenvalue weighted by Crippen LogP contribution is 2.37. The number of hydrogen-bond donors (Lipinski definition) is 0. The molecule has 2 unspecified atom stereocenters. The van der Waals surface area contributed by atoms with Gasteiger partial charge in [-0.2, -0.15) is 0 Å². The van der Waals surface area contributed by atoms with Gasteiger partial charge in [-0.25, -0.2) is 0 Å². The highest BCUT2D eigenvalue weighted by Gasteiger charge is 2.41. The summed E-state index contributed by atoms with van der Waals surface area (Å²) in [5.74, 6) is 0.212. The monoisotopic (exact) mass is 522 g/mol. The van der Waals surface area contributed by atoms with E-state index >= 15 is 4.79 Å². The molecule has 3 nitrogen and oxygen atoms in total. The number of ketones is 1. The van der Waals surface area contributed by atoms with Crippen molar-refractivity contribution < 1.29 is 4.79 Å². The first kappa shape index (κ1) is 25.0. The van der Waals surface area contributed by atoms with E-state index in [1.807, 2.05) is 24.3 Å². The van der Waals surface area contributed by atoms with Gasteiger partial charge in [-0.1, -0.05) is 121 Å². The van der Waals surface area contributed by atoms with Crippen molar-refractivity contribution in [1.82, 2.24) is 9.80 Å². The molecule has 0 bridgehead atoms. The summed E-state index contributed by atoms with van der Waals surface area (Å²) in [5.41, 5.74) is 7.56. The van der Waals surface area contributed by atoms with E-state index in [-0.39, 0.29) is 17.9 Å². The number of hydrogen-bond acceptors (Lipinski definition) is 3. The first-order chi connectivity index (χ1) is 19.8. The third-order valence-electron chi connectivity index (χ3n) is 8.87. The van der Waals surface area contributed by atoms with E-state index in [9.17, 15) is 0 Å². The zero-order valence-electron chi connectivity index (χ0n) is 22.7. The second-order valence-corrected chi connectivity index (χ2v) is 11.2. The van der Waals surface area contributed by atoms with Crippen LogP contribution in [0.1, 0.15) is 44.2 Å². The second kappa shape index (κ2) is 10.8. The largest absolute Gasteiger partial charge is 0.292 e. The van der Waals surface area contributed by atoms with Crippen molar-refractivity contribution >= 4 is 16.6 Å². The zero-order chi connectivity index (χ0) is 26.9. The molecule has 0 spiro atoms. The van der Waals surface area contributed by atoms with Crippen LogP contribution in [0.25, 0.3) is 10.8 Å². The Labute approximate surface area is 236 Å². The lowest BCUT2D eigenvalue weighted by atomic mass is 9.85. The van der Waals surface area contributed by atoms with E-state index in [4.69, 9.17) is 0 Å². The predicted molar refractivity (Wildman–Crippen MR) is 162 cm³/mol. The van der Waals surface area contributed by atoms with Gasteiger partial charge < -0.3 is 0 Å². The van der Waals surface area contributed by atoms with Gasteiger partial charge in [0.15, 0.2) is 5.78 Å². The minimum atomic E-state index is -0.313. The quantitative estimate of drug-likeness (QED) is 0.220. The molecule has 0 aliphatic carbocycles. The average Bonchev–Trinajstić information content (AvgIpc) is 3.03. The number of carbonyl (C=O) groups excluding carboxylic acids is 1. The number of nitrogens with zero attached hydrogens (tertiary/aromatic N) is 2. The van der Waals surface area contributed by atoms with Gasteiger partial charge in [0.05, 0.1) is 12.1 Å². The summed E-state index contributed by atoms with van der Waals surface area (Å²) >= 11 is 0. The lowest BCUT2D eigenvalue weighted by Gasteiger charge is -2.45. The van der Waals surface area contributed by atoms with Crippen LogP contribution >= 0.6 is 0 Å². The molecule has 2 heterocycles. The SMILES string of the molecule is O=C(c1cccc2ccccc12)C(C(c1ccccc1)N1CCc2ccccc2C1)N1CCc2ccccc2C1. The number of Topliss-reactive ketones (excluding diaryl/α,β-unsaturated/α-hetero) is 1. The van der Waals surface area contributed by atoms with Gasteiger partial charge in [0.1, 0.15) is 0 Å². The van der Waals surface area contributed by atoms with E-state index < -0.39 is 0 Å². The molecule has 2 aliphatic heterocycles. The van der Waals surface area contributed by atoms with Crippen molar-refractivity contribution in [2.75, 3.05) is 13.1 Å². The molecule has 2 atom stereocenters. The maximum Gasteiger partial charge on any atom is 0.182 e. The number of fused-ring (bicyclic) bond motifs is 3. The molecule has 198 valence electrons. The predicted octanol–water partition coefficient (Wildman–Crippen LogP) is 7.25. The highest BCUT2D eigenvalue weighted by atomic mass is 16.1. The smallest absolute Gasteiger partial charge is 0.182 e. The highest BCUT2D eigenvalue weighted by molar-refractivity contribution is 6.10. The molecular weight excluding hydrogens is 488 g/mol. The summed E-state index contributed by atoms with van der Waals surface area (Å²) in [6.45, 7) is 3.43. The average molecular weight is 523 g/mol. The Kier molecular flexibility index (Phi) is 6.76. The van der Waals surface area contributed by atoms with E-state index in [1.54, 1.807) is 0 Å². The minimum Gasteiger partial charge on any atom is -0.292 e. The maximum absolute atomic E-state index is 15.0. The van der Waals surface area contributed by atoms with Crippen LogP contribution < -0.4 is 0 Å². The number of carbonyl (C=O) groups is 1. The topological polar surface area (TPSA) is 23.6 Å². The second-order valence-electron chi connectivity index (χ2n) is 11.2. The van der Waals surface area contributed by atoms with Gasteiger partial charge in [0.2, 0.25) is 0 Å². The molecule has 0 N–H and O–H groups in total. The Hall–Kier alpha value is -4.05. The van der Waals surface area contributed by atoms with Crippen LogP contribution in [0.2, 0.25) is 0 Å². The number of benzene rings is 5. The molecule has 7 rings (SSSR count). The molecular formula is C37H34N2O. The van der Waals surface area contributed by atoms with E-state index in [0.29, 0.717) is 0 Å². The van der Waals surface area contributed by atoms with Gasteiger partial charge in [-0.3, -0.25) is 14.6 Å². The van der Waals surface area contributed by atoms with Crippen LogP contribution in [-0.2, 0) is 25.9 Å². The van der Waals surface area contributed by atoms with Crippen molar-refractivity contribution in [2.45, 2.75) is 38.0 Å². The molecule has 0 amide bonds. The fraction of sp³-hybridized carbons (Fsp3) is 0.216. The Morgan fingerprint density at radius 1 is 0.550 bits per heavy atom. The van der Waals surface area contributed by atoms with Crippen LogP contribution in [0.15, 0.2) is 121 Å². The molecule has 2 aliphatic rings. The summed E-state index contributed by atoms with van der Waals surface area (Å²) < 4.78 is 0. The third kappa shape index (κ3) is 4.66. The standard InChI is InChI=1S/C37H34N2O/c40-37(34-20-10-18-29-13-8-9-19-33(29)34)36(39-24-22-28-12-5-7-17-32(28)26-39)35(30-14-2-1-3-15-30)38-23-21-27-11-4-6-16-31(27)25-38/h1-20,35-36H,21-26H2. The normalized spacial score (nSPS) is 17.1. The molecule has 0 saturated carbocycles. The minimum absolute atomic E-state index is 0.0636. The molecule has 0 saturated heterocycles. The van der Waals surface area contributed by atoms with Gasteiger partial charge in [-0.15, -0.1) is 0 Å². The van der Waals surface area contributed by atoms with Gasteiger partial charge in [-0.05, 0) is 51.4 Å². The van der Waals surface area contributed by atoms with Gasteiger partial charge in [0.25, 0.3) is 0 Å². The Morgan fingerprint density at radius 2 is 1.10 bits per heavy atom. The van der Waals surface area contributed by atoms with Crippen LogP contribution in [0.5, 0.6) is 0 Å². The molecule has 0 aromatic heterocycles. The summed E-state index contributed by atoms with van der Waals surface area (Å²) in [7, 11) is 0. The van der Waals surface area contributed by atoms with Crippen molar-refractivity contribution in [3.05, 3.63) is 155 Å². The molecule has 5 aromatic carbocycles. The number of rotatable bonds is 6. The third-order valence-corrected chi connectivity index (χ3v) is 8.87. The molecule has 5 aromatic rings. The van der Waals surface area contributed by atoms with Crippen LogP contribution in [0.3, 0.4) is 0 Å². The van der Waals surface area contributed by atoms with E-state index in [0.717, 1.165) is 55.4 Å². The molecule has 0 fully saturated rings.